The zero-order valence-corrected chi connectivity index (χ0v) is 9.74. The molecule has 2 amide bonds. The van der Waals surface area contributed by atoms with Crippen LogP contribution in [0.1, 0.15) is 19.8 Å². The zero-order chi connectivity index (χ0) is 11.5. The molecule has 5 heteroatoms. The van der Waals surface area contributed by atoms with E-state index in [2.05, 4.69) is 17.1 Å². The number of piperazine rings is 1. The van der Waals surface area contributed by atoms with Crippen LogP contribution in [0.4, 0.5) is 0 Å². The van der Waals surface area contributed by atoms with Gasteiger partial charge in [0.1, 0.15) is 0 Å². The third kappa shape index (κ3) is 2.72. The second kappa shape index (κ2) is 4.82. The molecule has 1 N–H and O–H groups in total. The predicted octanol–water partition coefficient (Wildman–Crippen LogP) is -0.571. The Morgan fingerprint density at radius 3 is 2.31 bits per heavy atom. The summed E-state index contributed by atoms with van der Waals surface area (Å²) in [6.45, 7) is 6.21. The summed E-state index contributed by atoms with van der Waals surface area (Å²) in [4.78, 5) is 27.2. The van der Waals surface area contributed by atoms with E-state index in [4.69, 9.17) is 0 Å². The maximum absolute atomic E-state index is 11.8. The zero-order valence-electron chi connectivity index (χ0n) is 9.74. The van der Waals surface area contributed by atoms with Gasteiger partial charge in [-0.1, -0.05) is 6.92 Å². The van der Waals surface area contributed by atoms with Gasteiger partial charge in [0.15, 0.2) is 0 Å². The SMILES string of the molecule is CCN1CCN(C(=O)C(=O)NC2CC2)CC1. The standard InChI is InChI=1S/C11H19N3O2/c1-2-13-5-7-14(8-6-13)11(16)10(15)12-9-3-4-9/h9H,2-8H2,1H3,(H,12,15). The number of rotatable bonds is 2. The lowest BCUT2D eigenvalue weighted by molar-refractivity contribution is -0.147. The predicted molar refractivity (Wildman–Crippen MR) is 59.9 cm³/mol. The minimum absolute atomic E-state index is 0.258. The first-order valence-electron chi connectivity index (χ1n) is 6.03. The van der Waals surface area contributed by atoms with Crippen LogP contribution in [0.5, 0.6) is 0 Å². The Kier molecular flexibility index (Phi) is 3.43. The van der Waals surface area contributed by atoms with Gasteiger partial charge in [-0.15, -0.1) is 0 Å². The Balaban J connectivity index is 1.78. The second-order valence-electron chi connectivity index (χ2n) is 4.47. The molecule has 0 unspecified atom stereocenters. The van der Waals surface area contributed by atoms with Crippen LogP contribution in [0.2, 0.25) is 0 Å². The van der Waals surface area contributed by atoms with Crippen molar-refractivity contribution in [2.75, 3.05) is 32.7 Å². The van der Waals surface area contributed by atoms with Crippen molar-refractivity contribution in [3.63, 3.8) is 0 Å². The van der Waals surface area contributed by atoms with Crippen molar-refractivity contribution in [3.05, 3.63) is 0 Å². The van der Waals surface area contributed by atoms with Gasteiger partial charge in [0.2, 0.25) is 0 Å². The first-order valence-corrected chi connectivity index (χ1v) is 6.03. The molecule has 0 aromatic heterocycles. The molecule has 0 aromatic carbocycles. The van der Waals surface area contributed by atoms with Crippen LogP contribution in [-0.2, 0) is 9.59 Å². The van der Waals surface area contributed by atoms with Gasteiger partial charge in [0.25, 0.3) is 0 Å². The molecule has 0 aromatic rings. The first kappa shape index (κ1) is 11.4. The van der Waals surface area contributed by atoms with E-state index in [1.54, 1.807) is 4.90 Å². The molecule has 2 rings (SSSR count). The number of amides is 2. The molecule has 2 aliphatic rings. The Morgan fingerprint density at radius 1 is 1.19 bits per heavy atom. The summed E-state index contributed by atoms with van der Waals surface area (Å²) in [5, 5.41) is 2.73. The monoisotopic (exact) mass is 225 g/mol. The lowest BCUT2D eigenvalue weighted by Gasteiger charge is -2.33. The quantitative estimate of drug-likeness (QED) is 0.640. The summed E-state index contributed by atoms with van der Waals surface area (Å²) in [5.74, 6) is -0.782. The van der Waals surface area contributed by atoms with E-state index < -0.39 is 5.91 Å². The summed E-state index contributed by atoms with van der Waals surface area (Å²) in [7, 11) is 0. The van der Waals surface area contributed by atoms with Crippen molar-refractivity contribution >= 4 is 11.8 Å². The summed E-state index contributed by atoms with van der Waals surface area (Å²) < 4.78 is 0. The number of nitrogens with one attached hydrogen (secondary N) is 1. The molecule has 0 radical (unpaired) electrons. The largest absolute Gasteiger partial charge is 0.345 e. The van der Waals surface area contributed by atoms with Gasteiger partial charge in [-0.3, -0.25) is 9.59 Å². The topological polar surface area (TPSA) is 52.7 Å². The highest BCUT2D eigenvalue weighted by atomic mass is 16.2. The Labute approximate surface area is 95.8 Å². The van der Waals surface area contributed by atoms with Crippen LogP contribution in [0.15, 0.2) is 0 Å². The Morgan fingerprint density at radius 2 is 1.81 bits per heavy atom. The van der Waals surface area contributed by atoms with E-state index in [1.807, 2.05) is 0 Å². The van der Waals surface area contributed by atoms with Gasteiger partial charge >= 0.3 is 11.8 Å². The van der Waals surface area contributed by atoms with Gasteiger partial charge in [-0.2, -0.15) is 0 Å². The molecule has 1 aliphatic carbocycles. The Hall–Kier alpha value is -1.10. The summed E-state index contributed by atoms with van der Waals surface area (Å²) >= 11 is 0. The fourth-order valence-corrected chi connectivity index (χ4v) is 1.89. The average molecular weight is 225 g/mol. The van der Waals surface area contributed by atoms with Gasteiger partial charge in [0.05, 0.1) is 0 Å². The van der Waals surface area contributed by atoms with E-state index in [-0.39, 0.29) is 11.9 Å². The molecular formula is C11H19N3O2. The minimum atomic E-state index is -0.424. The second-order valence-corrected chi connectivity index (χ2v) is 4.47. The molecular weight excluding hydrogens is 206 g/mol. The molecule has 0 bridgehead atoms. The van der Waals surface area contributed by atoms with E-state index >= 15 is 0 Å². The molecule has 0 atom stereocenters. The number of hydrogen-bond donors (Lipinski definition) is 1. The maximum Gasteiger partial charge on any atom is 0.311 e. The molecule has 0 spiro atoms. The average Bonchev–Trinajstić information content (AvgIpc) is 3.12. The number of hydrogen-bond acceptors (Lipinski definition) is 3. The van der Waals surface area contributed by atoms with Crippen LogP contribution >= 0.6 is 0 Å². The van der Waals surface area contributed by atoms with Crippen molar-refractivity contribution < 1.29 is 9.59 Å². The molecule has 1 heterocycles. The van der Waals surface area contributed by atoms with Crippen LogP contribution in [0.25, 0.3) is 0 Å². The molecule has 5 nitrogen and oxygen atoms in total. The fourth-order valence-electron chi connectivity index (χ4n) is 1.89. The normalized spacial score (nSPS) is 21.9. The van der Waals surface area contributed by atoms with Gasteiger partial charge in [-0.25, -0.2) is 0 Å². The molecule has 2 fully saturated rings. The van der Waals surface area contributed by atoms with E-state index in [1.165, 1.54) is 0 Å². The maximum atomic E-state index is 11.8. The molecule has 1 saturated carbocycles. The number of carbonyl (C=O) groups excluding carboxylic acids is 2. The highest BCUT2D eigenvalue weighted by Crippen LogP contribution is 2.18. The number of nitrogens with zero attached hydrogens (tertiary/aromatic N) is 2. The van der Waals surface area contributed by atoms with E-state index in [0.29, 0.717) is 13.1 Å². The third-order valence-corrected chi connectivity index (χ3v) is 3.21. The Bertz CT molecular complexity index is 281. The molecule has 90 valence electrons. The smallest absolute Gasteiger partial charge is 0.311 e. The molecule has 1 aliphatic heterocycles. The van der Waals surface area contributed by atoms with Gasteiger partial charge in [0, 0.05) is 32.2 Å². The van der Waals surface area contributed by atoms with Gasteiger partial charge < -0.3 is 15.1 Å². The van der Waals surface area contributed by atoms with Crippen molar-refractivity contribution in [2.45, 2.75) is 25.8 Å². The van der Waals surface area contributed by atoms with Crippen molar-refractivity contribution in [2.24, 2.45) is 0 Å². The van der Waals surface area contributed by atoms with E-state index in [9.17, 15) is 9.59 Å². The van der Waals surface area contributed by atoms with Gasteiger partial charge in [-0.05, 0) is 19.4 Å². The minimum Gasteiger partial charge on any atom is -0.345 e. The highest BCUT2D eigenvalue weighted by molar-refractivity contribution is 6.35. The fraction of sp³-hybridized carbons (Fsp3) is 0.818. The van der Waals surface area contributed by atoms with Crippen LogP contribution in [0.3, 0.4) is 0 Å². The van der Waals surface area contributed by atoms with E-state index in [0.717, 1.165) is 32.5 Å². The van der Waals surface area contributed by atoms with Crippen LogP contribution in [0, 0.1) is 0 Å². The first-order chi connectivity index (χ1) is 7.70. The lowest BCUT2D eigenvalue weighted by atomic mass is 10.3. The summed E-state index contributed by atoms with van der Waals surface area (Å²) in [6, 6.07) is 0.258. The molecule has 1 saturated heterocycles. The number of likely N-dealkylation sites (N-methyl/N-ethyl adjacent to an activating group) is 1. The lowest BCUT2D eigenvalue weighted by Crippen LogP contribution is -2.52. The van der Waals surface area contributed by atoms with Crippen LogP contribution < -0.4 is 5.32 Å². The summed E-state index contributed by atoms with van der Waals surface area (Å²) in [6.07, 6.45) is 2.03. The molecule has 16 heavy (non-hydrogen) atoms. The highest BCUT2D eigenvalue weighted by Gasteiger charge is 2.30. The van der Waals surface area contributed by atoms with Crippen LogP contribution in [-0.4, -0.2) is 60.4 Å². The van der Waals surface area contributed by atoms with Crippen molar-refractivity contribution in [1.82, 2.24) is 15.1 Å². The van der Waals surface area contributed by atoms with Crippen molar-refractivity contribution in [1.29, 1.82) is 0 Å². The summed E-state index contributed by atoms with van der Waals surface area (Å²) in [5.41, 5.74) is 0. The van der Waals surface area contributed by atoms with Crippen molar-refractivity contribution in [3.8, 4) is 0 Å². The third-order valence-electron chi connectivity index (χ3n) is 3.21. The number of carbonyl (C=O) groups is 2.